The SMILES string of the molecule is CCc1nc2ccccc2n1-c1nc(N2CCOCC2)c2nc(OC3CCN(C(=O)O)C(C(C)(C)C)C3)n(C)c2n1. The molecule has 6 rings (SSSR count). The van der Waals surface area contributed by atoms with Gasteiger partial charge in [-0.25, -0.2) is 9.78 Å². The quantitative estimate of drug-likeness (QED) is 0.384. The van der Waals surface area contributed by atoms with Gasteiger partial charge in [-0.05, 0) is 17.5 Å². The number of nitrogens with zero attached hydrogens (tertiary/aromatic N) is 8. The number of morpholine rings is 1. The van der Waals surface area contributed by atoms with E-state index in [4.69, 9.17) is 29.4 Å². The van der Waals surface area contributed by atoms with Crippen molar-refractivity contribution in [3.8, 4) is 12.0 Å². The van der Waals surface area contributed by atoms with E-state index in [1.165, 1.54) is 0 Å². The van der Waals surface area contributed by atoms with Gasteiger partial charge in [0, 0.05) is 52.0 Å². The highest BCUT2D eigenvalue weighted by Gasteiger charge is 2.40. The van der Waals surface area contributed by atoms with Crippen LogP contribution in [-0.4, -0.2) is 90.2 Å². The summed E-state index contributed by atoms with van der Waals surface area (Å²) in [6.07, 6.45) is 0.854. The summed E-state index contributed by atoms with van der Waals surface area (Å²) >= 11 is 0. The molecule has 0 spiro atoms. The van der Waals surface area contributed by atoms with Crippen LogP contribution in [0.25, 0.3) is 28.1 Å². The van der Waals surface area contributed by atoms with E-state index >= 15 is 0 Å². The number of imidazole rings is 2. The number of carboxylic acid groups (broad SMARTS) is 1. The highest BCUT2D eigenvalue weighted by molar-refractivity contribution is 5.86. The second-order valence-corrected chi connectivity index (χ2v) is 11.9. The molecule has 12 heteroatoms. The summed E-state index contributed by atoms with van der Waals surface area (Å²) in [6, 6.07) is 8.31. The van der Waals surface area contributed by atoms with Crippen molar-refractivity contribution >= 4 is 34.1 Å². The van der Waals surface area contributed by atoms with Gasteiger partial charge in [0.1, 0.15) is 11.9 Å². The van der Waals surface area contributed by atoms with Crippen LogP contribution in [0.3, 0.4) is 0 Å². The van der Waals surface area contributed by atoms with Crippen LogP contribution in [0.1, 0.15) is 46.4 Å². The fourth-order valence-corrected chi connectivity index (χ4v) is 5.99. The van der Waals surface area contributed by atoms with E-state index in [2.05, 4.69) is 32.6 Å². The maximum atomic E-state index is 11.9. The van der Waals surface area contributed by atoms with E-state index in [9.17, 15) is 9.90 Å². The Kier molecular flexibility index (Phi) is 6.96. The lowest BCUT2D eigenvalue weighted by molar-refractivity contribution is 0.00943. The smallest absolute Gasteiger partial charge is 0.407 e. The molecule has 2 aliphatic heterocycles. The summed E-state index contributed by atoms with van der Waals surface area (Å²) in [4.78, 5) is 35.5. The third-order valence-electron chi connectivity index (χ3n) is 8.18. The number of aromatic nitrogens is 6. The first-order valence-electron chi connectivity index (χ1n) is 14.4. The normalized spacial score (nSPS) is 20.2. The summed E-state index contributed by atoms with van der Waals surface area (Å²) in [6.45, 7) is 11.3. The Hall–Kier alpha value is -3.93. The van der Waals surface area contributed by atoms with Crippen molar-refractivity contribution < 1.29 is 19.4 Å². The zero-order valence-corrected chi connectivity index (χ0v) is 24.4. The number of aryl methyl sites for hydroxylation is 2. The third-order valence-corrected chi connectivity index (χ3v) is 8.18. The zero-order chi connectivity index (χ0) is 28.9. The Morgan fingerprint density at radius 3 is 2.56 bits per heavy atom. The minimum absolute atomic E-state index is 0.161. The lowest BCUT2D eigenvalue weighted by Crippen LogP contribution is -2.53. The van der Waals surface area contributed by atoms with E-state index < -0.39 is 6.09 Å². The van der Waals surface area contributed by atoms with Crippen molar-refractivity contribution in [2.45, 2.75) is 59.1 Å². The van der Waals surface area contributed by atoms with Gasteiger partial charge < -0.3 is 24.4 Å². The van der Waals surface area contributed by atoms with E-state index in [1.807, 2.05) is 40.4 Å². The van der Waals surface area contributed by atoms with Gasteiger partial charge in [0.25, 0.3) is 6.01 Å². The Bertz CT molecular complexity index is 1580. The monoisotopic (exact) mass is 562 g/mol. The molecular formula is C29H38N8O4. The number of rotatable bonds is 5. The van der Waals surface area contributed by atoms with E-state index in [0.29, 0.717) is 68.8 Å². The number of carbonyl (C=O) groups is 1. The number of likely N-dealkylation sites (tertiary alicyclic amines) is 1. The topological polar surface area (TPSA) is 124 Å². The largest absolute Gasteiger partial charge is 0.465 e. The van der Waals surface area contributed by atoms with Crippen LogP contribution >= 0.6 is 0 Å². The summed E-state index contributed by atoms with van der Waals surface area (Å²) < 4.78 is 16.1. The summed E-state index contributed by atoms with van der Waals surface area (Å²) in [5, 5.41) is 9.78. The van der Waals surface area contributed by atoms with Crippen LogP contribution in [0.15, 0.2) is 24.3 Å². The van der Waals surface area contributed by atoms with Gasteiger partial charge in [0.2, 0.25) is 5.95 Å². The van der Waals surface area contributed by atoms with Gasteiger partial charge in [-0.15, -0.1) is 0 Å². The van der Waals surface area contributed by atoms with Crippen molar-refractivity contribution in [3.63, 3.8) is 0 Å². The second-order valence-electron chi connectivity index (χ2n) is 11.9. The van der Waals surface area contributed by atoms with Gasteiger partial charge in [0.05, 0.1) is 24.2 Å². The Morgan fingerprint density at radius 2 is 1.85 bits per heavy atom. The molecule has 1 aromatic carbocycles. The first-order chi connectivity index (χ1) is 19.7. The van der Waals surface area contributed by atoms with Crippen LogP contribution in [0.5, 0.6) is 6.01 Å². The van der Waals surface area contributed by atoms with Gasteiger partial charge >= 0.3 is 6.09 Å². The molecule has 2 atom stereocenters. The number of hydrogen-bond donors (Lipinski definition) is 1. The molecule has 0 bridgehead atoms. The van der Waals surface area contributed by atoms with Gasteiger partial charge in [-0.3, -0.25) is 9.13 Å². The van der Waals surface area contributed by atoms with Crippen LogP contribution < -0.4 is 9.64 Å². The van der Waals surface area contributed by atoms with Crippen LogP contribution in [0, 0.1) is 5.41 Å². The number of anilines is 1. The summed E-state index contributed by atoms with van der Waals surface area (Å²) in [5.74, 6) is 2.17. The first-order valence-corrected chi connectivity index (χ1v) is 14.4. The van der Waals surface area contributed by atoms with Gasteiger partial charge in [0.15, 0.2) is 17.0 Å². The van der Waals surface area contributed by atoms with Gasteiger partial charge in [-0.1, -0.05) is 39.8 Å². The first kappa shape index (κ1) is 27.3. The lowest BCUT2D eigenvalue weighted by Gasteiger charge is -2.44. The maximum Gasteiger partial charge on any atom is 0.407 e. The maximum absolute atomic E-state index is 11.9. The van der Waals surface area contributed by atoms with Crippen molar-refractivity contribution in [1.29, 1.82) is 0 Å². The Morgan fingerprint density at radius 1 is 1.10 bits per heavy atom. The number of fused-ring (bicyclic) bond motifs is 2. The summed E-state index contributed by atoms with van der Waals surface area (Å²) in [7, 11) is 1.91. The van der Waals surface area contributed by atoms with Crippen molar-refractivity contribution in [2.24, 2.45) is 12.5 Å². The average Bonchev–Trinajstić information content (AvgIpc) is 3.49. The molecule has 5 heterocycles. The number of para-hydroxylation sites is 2. The molecule has 2 saturated heterocycles. The molecule has 3 aromatic heterocycles. The molecule has 218 valence electrons. The second kappa shape index (κ2) is 10.5. The molecule has 1 amide bonds. The molecular weight excluding hydrogens is 524 g/mol. The molecule has 2 fully saturated rings. The molecule has 0 saturated carbocycles. The number of benzene rings is 1. The molecule has 0 aliphatic carbocycles. The average molecular weight is 563 g/mol. The minimum atomic E-state index is -0.887. The molecule has 1 N–H and O–H groups in total. The van der Waals surface area contributed by atoms with Crippen LogP contribution in [0.4, 0.5) is 10.6 Å². The van der Waals surface area contributed by atoms with Crippen LogP contribution in [-0.2, 0) is 18.2 Å². The third kappa shape index (κ3) is 4.94. The van der Waals surface area contributed by atoms with Crippen LogP contribution in [0.2, 0.25) is 0 Å². The summed E-state index contributed by atoms with van der Waals surface area (Å²) in [5.41, 5.74) is 2.97. The fraction of sp³-hybridized carbons (Fsp3) is 0.552. The Balaban J connectivity index is 1.43. The molecule has 0 radical (unpaired) electrons. The van der Waals surface area contributed by atoms with E-state index in [1.54, 1.807) is 4.90 Å². The lowest BCUT2D eigenvalue weighted by atomic mass is 9.80. The van der Waals surface area contributed by atoms with Crippen molar-refractivity contribution in [3.05, 3.63) is 30.1 Å². The fourth-order valence-electron chi connectivity index (χ4n) is 5.99. The van der Waals surface area contributed by atoms with Gasteiger partial charge in [-0.2, -0.15) is 15.0 Å². The number of piperidine rings is 1. The molecule has 41 heavy (non-hydrogen) atoms. The molecule has 4 aromatic rings. The predicted octanol–water partition coefficient (Wildman–Crippen LogP) is 4.04. The highest BCUT2D eigenvalue weighted by Crippen LogP contribution is 2.35. The van der Waals surface area contributed by atoms with Crippen molar-refractivity contribution in [1.82, 2.24) is 34.0 Å². The number of amides is 1. The molecule has 2 aliphatic rings. The number of ether oxygens (including phenoxy) is 2. The predicted molar refractivity (Wildman–Crippen MR) is 155 cm³/mol. The van der Waals surface area contributed by atoms with E-state index in [-0.39, 0.29) is 17.6 Å². The minimum Gasteiger partial charge on any atom is -0.465 e. The standard InChI is InChI=1S/C29H38N8O4/c1-6-22-30-19-9-7-8-10-20(19)37(22)26-32-24-23(25(33-26)35-13-15-40-16-14-35)31-27(34(24)5)41-18-11-12-36(28(38)39)21(17-18)29(2,3)4/h7-10,18,21H,6,11-17H2,1-5H3,(H,38,39). The molecule has 12 nitrogen and oxygen atoms in total. The molecule has 2 unspecified atom stereocenters. The van der Waals surface area contributed by atoms with Crippen molar-refractivity contribution in [2.75, 3.05) is 37.7 Å². The zero-order valence-electron chi connectivity index (χ0n) is 24.4. The highest BCUT2D eigenvalue weighted by atomic mass is 16.5. The van der Waals surface area contributed by atoms with E-state index in [0.717, 1.165) is 29.1 Å². The Labute approximate surface area is 238 Å². The number of hydrogen-bond acceptors (Lipinski definition) is 8.